The van der Waals surface area contributed by atoms with Gasteiger partial charge in [0, 0.05) is 13.7 Å². The van der Waals surface area contributed by atoms with Crippen LogP contribution in [0.15, 0.2) is 24.3 Å². The van der Waals surface area contributed by atoms with Gasteiger partial charge in [-0.3, -0.25) is 4.57 Å². The number of ether oxygens (including phenoxy) is 2. The van der Waals surface area contributed by atoms with E-state index in [0.717, 1.165) is 25.7 Å². The summed E-state index contributed by atoms with van der Waals surface area (Å²) in [6.07, 6.45) is 32.1. The zero-order valence-corrected chi connectivity index (χ0v) is 28.4. The molecule has 0 aliphatic carbocycles. The Morgan fingerprint density at radius 1 is 0.659 bits per heavy atom. The van der Waals surface area contributed by atoms with Crippen LogP contribution in [-0.2, 0) is 23.1 Å². The van der Waals surface area contributed by atoms with Crippen LogP contribution in [0.1, 0.15) is 122 Å². The lowest BCUT2D eigenvalue weighted by Gasteiger charge is -2.28. The summed E-state index contributed by atoms with van der Waals surface area (Å²) in [6, 6.07) is 0. The molecule has 0 aromatic carbocycles. The summed E-state index contributed by atoms with van der Waals surface area (Å²) in [5.41, 5.74) is 0. The molecule has 7 nitrogen and oxygen atoms in total. The van der Waals surface area contributed by atoms with Crippen LogP contribution in [0.5, 0.6) is 0 Å². The van der Waals surface area contributed by atoms with E-state index in [9.17, 15) is 9.46 Å². The van der Waals surface area contributed by atoms with Gasteiger partial charge in [-0.25, -0.2) is 0 Å². The Labute approximate surface area is 254 Å². The third-order valence-corrected chi connectivity index (χ3v) is 7.99. The Bertz CT molecular complexity index is 665. The Morgan fingerprint density at radius 3 is 1.59 bits per heavy atom. The van der Waals surface area contributed by atoms with Crippen molar-refractivity contribution in [1.29, 1.82) is 0 Å². The van der Waals surface area contributed by atoms with Gasteiger partial charge in [0.1, 0.15) is 19.3 Å². The van der Waals surface area contributed by atoms with Gasteiger partial charge >= 0.3 is 0 Å². The molecule has 0 aliphatic heterocycles. The number of likely N-dealkylation sites (N-methyl/N-ethyl adjacent to an activating group) is 1. The van der Waals surface area contributed by atoms with Crippen molar-refractivity contribution in [2.45, 2.75) is 129 Å². The number of unbranched alkanes of at least 4 members (excludes halogenated alkanes) is 15. The highest BCUT2D eigenvalue weighted by Crippen LogP contribution is 2.38. The van der Waals surface area contributed by atoms with Gasteiger partial charge in [0.2, 0.25) is 0 Å². The van der Waals surface area contributed by atoms with Crippen LogP contribution in [0.2, 0.25) is 0 Å². The fourth-order valence-corrected chi connectivity index (χ4v) is 4.98. The SMILES string of the molecule is CCCCC/C=C\CCCCCCCCCC/C=C\CCCCCOC[C@H](COP(=O)([O-])OCC[N+](C)(C)C)OC. The fourth-order valence-electron chi connectivity index (χ4n) is 4.25. The smallest absolute Gasteiger partial charge is 0.268 e. The number of quaternary nitrogens is 1. The van der Waals surface area contributed by atoms with Crippen molar-refractivity contribution in [2.75, 3.05) is 61.2 Å². The van der Waals surface area contributed by atoms with E-state index in [-0.39, 0.29) is 13.2 Å². The monoisotopic (exact) mass is 603 g/mol. The quantitative estimate of drug-likeness (QED) is 0.0343. The second-order valence-electron chi connectivity index (χ2n) is 12.2. The highest BCUT2D eigenvalue weighted by molar-refractivity contribution is 7.45. The first kappa shape index (κ1) is 40.5. The van der Waals surface area contributed by atoms with Crippen LogP contribution in [0, 0.1) is 0 Å². The third kappa shape index (κ3) is 32.2. The van der Waals surface area contributed by atoms with E-state index in [4.69, 9.17) is 18.5 Å². The summed E-state index contributed by atoms with van der Waals surface area (Å²) < 4.78 is 33.3. The van der Waals surface area contributed by atoms with E-state index in [1.54, 1.807) is 0 Å². The molecule has 0 radical (unpaired) electrons. The second-order valence-corrected chi connectivity index (χ2v) is 13.6. The van der Waals surface area contributed by atoms with Crippen LogP contribution >= 0.6 is 7.82 Å². The van der Waals surface area contributed by atoms with Gasteiger partial charge in [0.15, 0.2) is 0 Å². The summed E-state index contributed by atoms with van der Waals surface area (Å²) in [4.78, 5) is 11.9. The molecule has 0 fully saturated rings. The summed E-state index contributed by atoms with van der Waals surface area (Å²) >= 11 is 0. The number of hydrogen-bond acceptors (Lipinski definition) is 6. The van der Waals surface area contributed by atoms with Gasteiger partial charge in [-0.05, 0) is 57.8 Å². The lowest BCUT2D eigenvalue weighted by atomic mass is 10.1. The minimum absolute atomic E-state index is 0.0890. The highest BCUT2D eigenvalue weighted by Gasteiger charge is 2.16. The molecule has 8 heteroatoms. The fraction of sp³-hybridized carbons (Fsp3) is 0.879. The Hall–Kier alpha value is -0.530. The maximum Gasteiger partial charge on any atom is 0.268 e. The zero-order valence-electron chi connectivity index (χ0n) is 27.5. The predicted octanol–water partition coefficient (Wildman–Crippen LogP) is 8.38. The van der Waals surface area contributed by atoms with E-state index in [1.807, 2.05) is 21.1 Å². The van der Waals surface area contributed by atoms with Crippen molar-refractivity contribution >= 4 is 7.82 Å². The van der Waals surface area contributed by atoms with Gasteiger partial charge < -0.3 is 27.9 Å². The third-order valence-electron chi connectivity index (χ3n) is 7.03. The first-order valence-corrected chi connectivity index (χ1v) is 18.0. The van der Waals surface area contributed by atoms with Gasteiger partial charge in [-0.1, -0.05) is 89.0 Å². The molecule has 0 aromatic heterocycles. The molecule has 0 amide bonds. The molecular weight excluding hydrogens is 537 g/mol. The van der Waals surface area contributed by atoms with Gasteiger partial charge in [0.25, 0.3) is 7.82 Å². The maximum atomic E-state index is 11.9. The largest absolute Gasteiger partial charge is 0.756 e. The van der Waals surface area contributed by atoms with Crippen LogP contribution in [0.3, 0.4) is 0 Å². The Morgan fingerprint density at radius 2 is 1.12 bits per heavy atom. The van der Waals surface area contributed by atoms with Crippen LogP contribution in [-0.4, -0.2) is 71.8 Å². The molecule has 0 N–H and O–H groups in total. The molecule has 0 heterocycles. The van der Waals surface area contributed by atoms with E-state index < -0.39 is 13.9 Å². The molecule has 0 aromatic rings. The lowest BCUT2D eigenvalue weighted by molar-refractivity contribution is -0.870. The average Bonchev–Trinajstić information content (AvgIpc) is 2.91. The Kier molecular flexibility index (Phi) is 27.9. The van der Waals surface area contributed by atoms with Crippen molar-refractivity contribution in [3.05, 3.63) is 24.3 Å². The van der Waals surface area contributed by atoms with E-state index >= 15 is 0 Å². The van der Waals surface area contributed by atoms with Gasteiger partial charge in [-0.15, -0.1) is 0 Å². The van der Waals surface area contributed by atoms with Gasteiger partial charge in [0.05, 0.1) is 34.4 Å². The minimum Gasteiger partial charge on any atom is -0.756 e. The number of nitrogens with zero attached hydrogens (tertiary/aromatic N) is 1. The predicted molar refractivity (Wildman–Crippen MR) is 171 cm³/mol. The van der Waals surface area contributed by atoms with Crippen molar-refractivity contribution in [1.82, 2.24) is 0 Å². The van der Waals surface area contributed by atoms with Crippen molar-refractivity contribution in [3.63, 3.8) is 0 Å². The Balaban J connectivity index is 3.49. The minimum atomic E-state index is -4.33. The second kappa shape index (κ2) is 28.3. The highest BCUT2D eigenvalue weighted by atomic mass is 31.2. The number of rotatable bonds is 31. The summed E-state index contributed by atoms with van der Waals surface area (Å²) in [6.45, 7) is 3.74. The number of hydrogen-bond donors (Lipinski definition) is 0. The van der Waals surface area contributed by atoms with E-state index in [2.05, 4.69) is 31.2 Å². The molecule has 0 bridgehead atoms. The van der Waals surface area contributed by atoms with Crippen molar-refractivity contribution in [2.24, 2.45) is 0 Å². The number of phosphoric acid groups is 1. The van der Waals surface area contributed by atoms with Crippen molar-refractivity contribution < 1.29 is 32.5 Å². The number of phosphoric ester groups is 1. The van der Waals surface area contributed by atoms with E-state index in [1.165, 1.54) is 97.0 Å². The molecule has 1 unspecified atom stereocenters. The van der Waals surface area contributed by atoms with E-state index in [0.29, 0.717) is 24.2 Å². The van der Waals surface area contributed by atoms with Gasteiger partial charge in [-0.2, -0.15) is 0 Å². The first-order valence-electron chi connectivity index (χ1n) is 16.5. The molecule has 2 atom stereocenters. The standard InChI is InChI=1S/C33H66NO6P/c1-6-7-8-9-10-11-12-13-14-15-16-17-18-19-20-21-22-23-24-25-26-27-29-38-31-33(37-5)32-40-41(35,36)39-30-28-34(2,3)4/h10-11,22-23,33H,6-9,12-21,24-32H2,1-5H3/b11-10-,23-22-/t33-/m1/s1. The molecule has 0 rings (SSSR count). The lowest BCUT2D eigenvalue weighted by Crippen LogP contribution is -2.37. The van der Waals surface area contributed by atoms with Crippen molar-refractivity contribution in [3.8, 4) is 0 Å². The normalized spacial score (nSPS) is 14.8. The first-order chi connectivity index (χ1) is 19.7. The van der Waals surface area contributed by atoms with Crippen LogP contribution in [0.4, 0.5) is 0 Å². The summed E-state index contributed by atoms with van der Waals surface area (Å²) in [5, 5.41) is 0. The number of allylic oxidation sites excluding steroid dienone is 4. The zero-order chi connectivity index (χ0) is 30.5. The molecule has 0 saturated heterocycles. The van der Waals surface area contributed by atoms with Crippen LogP contribution < -0.4 is 4.89 Å². The van der Waals surface area contributed by atoms with Crippen LogP contribution in [0.25, 0.3) is 0 Å². The molecule has 0 aliphatic rings. The molecule has 244 valence electrons. The topological polar surface area (TPSA) is 77.1 Å². The average molecular weight is 604 g/mol. The molecular formula is C33H66NO6P. The summed E-state index contributed by atoms with van der Waals surface area (Å²) in [7, 11) is 3.10. The molecule has 0 saturated carbocycles. The maximum absolute atomic E-state index is 11.9. The molecule has 41 heavy (non-hydrogen) atoms. The molecule has 0 spiro atoms. The number of methoxy groups -OCH3 is 1. The summed E-state index contributed by atoms with van der Waals surface area (Å²) in [5.74, 6) is 0.